The van der Waals surface area contributed by atoms with Crippen LogP contribution in [0.25, 0.3) is 0 Å². The number of hydrogen-bond donors (Lipinski definition) is 1. The molecule has 1 saturated heterocycles. The molecule has 0 aliphatic carbocycles. The molecule has 3 nitrogen and oxygen atoms in total. The summed E-state index contributed by atoms with van der Waals surface area (Å²) >= 11 is 0. The van der Waals surface area contributed by atoms with E-state index < -0.39 is 6.04 Å². The van der Waals surface area contributed by atoms with Gasteiger partial charge < -0.3 is 10.5 Å². The maximum absolute atomic E-state index is 10.6. The summed E-state index contributed by atoms with van der Waals surface area (Å²) in [6, 6.07) is -0.434. The van der Waals surface area contributed by atoms with Crippen molar-refractivity contribution in [1.29, 1.82) is 0 Å². The minimum Gasteiger partial charge on any atom is -0.430 e. The summed E-state index contributed by atoms with van der Waals surface area (Å²) < 4.78 is 4.72. The van der Waals surface area contributed by atoms with Crippen LogP contribution in [0.15, 0.2) is 11.8 Å². The number of esters is 1. The van der Waals surface area contributed by atoms with E-state index in [-0.39, 0.29) is 5.97 Å². The summed E-state index contributed by atoms with van der Waals surface area (Å²) in [5.74, 6) is 0.371. The molecule has 0 saturated carbocycles. The Morgan fingerprint density at radius 1 is 1.89 bits per heavy atom. The second kappa shape index (κ2) is 2.19. The molecule has 0 unspecified atom stereocenters. The minimum absolute atomic E-state index is 0.317. The maximum atomic E-state index is 10.6. The largest absolute Gasteiger partial charge is 0.430 e. The second-order valence-corrected chi connectivity index (χ2v) is 1.99. The third-order valence-electron chi connectivity index (χ3n) is 1.28. The van der Waals surface area contributed by atoms with Crippen LogP contribution in [0.4, 0.5) is 0 Å². The lowest BCUT2D eigenvalue weighted by atomic mass is 10.2. The van der Waals surface area contributed by atoms with Gasteiger partial charge in [-0.3, -0.25) is 0 Å². The molecule has 1 aliphatic rings. The van der Waals surface area contributed by atoms with E-state index in [1.54, 1.807) is 6.08 Å². The molecule has 3 heteroatoms. The van der Waals surface area contributed by atoms with Gasteiger partial charge in [-0.25, -0.2) is 4.79 Å². The van der Waals surface area contributed by atoms with Crippen LogP contribution in [0, 0.1) is 0 Å². The lowest BCUT2D eigenvalue weighted by Gasteiger charge is -1.89. The summed E-state index contributed by atoms with van der Waals surface area (Å²) in [6.07, 6.45) is 2.31. The lowest BCUT2D eigenvalue weighted by Crippen LogP contribution is -2.24. The predicted molar refractivity (Wildman–Crippen MR) is 32.4 cm³/mol. The van der Waals surface area contributed by atoms with E-state index in [9.17, 15) is 4.79 Å². The highest BCUT2D eigenvalue weighted by Crippen LogP contribution is 2.15. The van der Waals surface area contributed by atoms with Gasteiger partial charge in [0.15, 0.2) is 0 Å². The molecule has 1 aliphatic heterocycles. The molecule has 0 aromatic carbocycles. The van der Waals surface area contributed by atoms with Crippen molar-refractivity contribution in [2.75, 3.05) is 0 Å². The molecule has 0 aromatic rings. The number of carbonyl (C=O) groups is 1. The summed E-state index contributed by atoms with van der Waals surface area (Å²) in [5.41, 5.74) is 5.33. The van der Waals surface area contributed by atoms with E-state index in [0.717, 1.165) is 0 Å². The Bertz CT molecular complexity index is 162. The summed E-state index contributed by atoms with van der Waals surface area (Å²) in [7, 11) is 0. The van der Waals surface area contributed by atoms with Crippen molar-refractivity contribution in [1.82, 2.24) is 0 Å². The summed E-state index contributed by atoms with van der Waals surface area (Å²) in [6.45, 7) is 1.82. The third-order valence-corrected chi connectivity index (χ3v) is 1.28. The van der Waals surface area contributed by atoms with Gasteiger partial charge in [0.2, 0.25) is 0 Å². The molecule has 0 aromatic heterocycles. The van der Waals surface area contributed by atoms with Crippen LogP contribution in [0.3, 0.4) is 0 Å². The fraction of sp³-hybridized carbons (Fsp3) is 0.500. The van der Waals surface area contributed by atoms with E-state index in [2.05, 4.69) is 0 Å². The smallest absolute Gasteiger partial charge is 0.328 e. The number of carbonyl (C=O) groups excluding carboxylic acids is 1. The Hall–Kier alpha value is -0.830. The molecule has 9 heavy (non-hydrogen) atoms. The Morgan fingerprint density at radius 3 is 2.78 bits per heavy atom. The molecule has 0 spiro atoms. The van der Waals surface area contributed by atoms with E-state index in [1.807, 2.05) is 6.92 Å². The highest BCUT2D eigenvalue weighted by Gasteiger charge is 2.25. The van der Waals surface area contributed by atoms with Crippen LogP contribution >= 0.6 is 0 Å². The van der Waals surface area contributed by atoms with Gasteiger partial charge in [0, 0.05) is 6.42 Å². The number of allylic oxidation sites excluding steroid dienone is 1. The topological polar surface area (TPSA) is 52.3 Å². The Labute approximate surface area is 53.5 Å². The quantitative estimate of drug-likeness (QED) is 0.472. The fourth-order valence-electron chi connectivity index (χ4n) is 0.723. The van der Waals surface area contributed by atoms with E-state index in [0.29, 0.717) is 12.2 Å². The fourth-order valence-corrected chi connectivity index (χ4v) is 0.723. The highest BCUT2D eigenvalue weighted by atomic mass is 16.5. The average Bonchev–Trinajstić information content (AvgIpc) is 2.13. The van der Waals surface area contributed by atoms with Gasteiger partial charge in [0.1, 0.15) is 11.8 Å². The molecule has 1 heterocycles. The lowest BCUT2D eigenvalue weighted by molar-refractivity contribution is -0.136. The summed E-state index contributed by atoms with van der Waals surface area (Å²) in [5, 5.41) is 0. The first-order valence-corrected chi connectivity index (χ1v) is 2.86. The van der Waals surface area contributed by atoms with Crippen LogP contribution in [0.2, 0.25) is 0 Å². The van der Waals surface area contributed by atoms with E-state index >= 15 is 0 Å². The second-order valence-electron chi connectivity index (χ2n) is 1.99. The number of ether oxygens (including phenoxy) is 1. The zero-order valence-corrected chi connectivity index (χ0v) is 5.26. The molecular formula is C6H9NO2. The van der Waals surface area contributed by atoms with Crippen molar-refractivity contribution < 1.29 is 9.53 Å². The standard InChI is InChI=1S/C6H9NO2/c1-2-4-3-5(7)6(8)9-4/h2,5H,3,7H2,1H3/b4-2+/t5-/m0/s1. The number of cyclic esters (lactones) is 1. The molecule has 1 rings (SSSR count). The van der Waals surface area contributed by atoms with Crippen LogP contribution in [0.1, 0.15) is 13.3 Å². The zero-order valence-electron chi connectivity index (χ0n) is 5.26. The van der Waals surface area contributed by atoms with Gasteiger partial charge in [0.25, 0.3) is 0 Å². The van der Waals surface area contributed by atoms with Crippen molar-refractivity contribution in [2.45, 2.75) is 19.4 Å². The van der Waals surface area contributed by atoms with Crippen molar-refractivity contribution in [3.05, 3.63) is 11.8 Å². The first kappa shape index (κ1) is 6.29. The zero-order chi connectivity index (χ0) is 6.85. The van der Waals surface area contributed by atoms with Gasteiger partial charge in [-0.05, 0) is 13.0 Å². The Morgan fingerprint density at radius 2 is 2.56 bits per heavy atom. The number of rotatable bonds is 0. The highest BCUT2D eigenvalue weighted by molar-refractivity contribution is 5.79. The molecule has 0 bridgehead atoms. The molecule has 0 radical (unpaired) electrons. The summed E-state index contributed by atoms with van der Waals surface area (Å²) in [4.78, 5) is 10.6. The first-order chi connectivity index (χ1) is 4.24. The van der Waals surface area contributed by atoms with Gasteiger partial charge in [-0.1, -0.05) is 0 Å². The van der Waals surface area contributed by atoms with Gasteiger partial charge in [0.05, 0.1) is 0 Å². The molecule has 1 fully saturated rings. The van der Waals surface area contributed by atoms with E-state index in [1.165, 1.54) is 0 Å². The number of hydrogen-bond acceptors (Lipinski definition) is 3. The Balaban J connectivity index is 2.65. The average molecular weight is 127 g/mol. The van der Waals surface area contributed by atoms with Crippen LogP contribution in [0.5, 0.6) is 0 Å². The van der Waals surface area contributed by atoms with Crippen molar-refractivity contribution >= 4 is 5.97 Å². The van der Waals surface area contributed by atoms with Crippen molar-refractivity contribution in [3.8, 4) is 0 Å². The molecule has 1 atom stereocenters. The monoisotopic (exact) mass is 127 g/mol. The predicted octanol–water partition coefficient (Wildman–Crippen LogP) is 0.164. The van der Waals surface area contributed by atoms with Crippen molar-refractivity contribution in [3.63, 3.8) is 0 Å². The van der Waals surface area contributed by atoms with Gasteiger partial charge in [-0.2, -0.15) is 0 Å². The van der Waals surface area contributed by atoms with Crippen LogP contribution in [-0.4, -0.2) is 12.0 Å². The minimum atomic E-state index is -0.434. The van der Waals surface area contributed by atoms with E-state index in [4.69, 9.17) is 10.5 Å². The normalized spacial score (nSPS) is 31.1. The molecule has 50 valence electrons. The molecular weight excluding hydrogens is 118 g/mol. The molecule has 0 amide bonds. The van der Waals surface area contributed by atoms with Crippen LogP contribution < -0.4 is 5.73 Å². The first-order valence-electron chi connectivity index (χ1n) is 2.86. The third kappa shape index (κ3) is 1.10. The van der Waals surface area contributed by atoms with Gasteiger partial charge in [-0.15, -0.1) is 0 Å². The SMILES string of the molecule is C/C=C1\C[C@H](N)C(=O)O1. The maximum Gasteiger partial charge on any atom is 0.328 e. The van der Waals surface area contributed by atoms with Gasteiger partial charge >= 0.3 is 5.97 Å². The van der Waals surface area contributed by atoms with Crippen molar-refractivity contribution in [2.24, 2.45) is 5.73 Å². The number of nitrogens with two attached hydrogens (primary N) is 1. The molecule has 2 N–H and O–H groups in total. The Kier molecular flexibility index (Phi) is 1.53. The van der Waals surface area contributed by atoms with Crippen LogP contribution in [-0.2, 0) is 9.53 Å².